The zero-order chi connectivity index (χ0) is 8.77. The van der Waals surface area contributed by atoms with E-state index in [2.05, 4.69) is 6.92 Å². The first-order valence-electron chi connectivity index (χ1n) is 4.68. The van der Waals surface area contributed by atoms with E-state index in [4.69, 9.17) is 9.47 Å². The maximum absolute atomic E-state index is 9.61. The van der Waals surface area contributed by atoms with Crippen molar-refractivity contribution in [2.24, 2.45) is 0 Å². The van der Waals surface area contributed by atoms with E-state index in [-0.39, 0.29) is 18.3 Å². The molecule has 2 fully saturated rings. The lowest BCUT2D eigenvalue weighted by Gasteiger charge is -2.30. The Morgan fingerprint density at radius 2 is 2.25 bits per heavy atom. The van der Waals surface area contributed by atoms with Crippen LogP contribution >= 0.6 is 0 Å². The lowest BCUT2D eigenvalue weighted by Crippen LogP contribution is -2.40. The van der Waals surface area contributed by atoms with Gasteiger partial charge >= 0.3 is 0 Å². The molecule has 2 bridgehead atoms. The molecule has 2 aliphatic rings. The molecule has 0 spiro atoms. The van der Waals surface area contributed by atoms with Crippen LogP contribution in [0.4, 0.5) is 0 Å². The minimum Gasteiger partial charge on any atom is -0.390 e. The first kappa shape index (κ1) is 8.48. The third-order valence-corrected chi connectivity index (χ3v) is 2.83. The summed E-state index contributed by atoms with van der Waals surface area (Å²) in [5, 5.41) is 9.61. The van der Waals surface area contributed by atoms with Gasteiger partial charge in [-0.1, -0.05) is 6.92 Å². The van der Waals surface area contributed by atoms with Gasteiger partial charge in [0.05, 0.1) is 12.2 Å². The molecule has 2 aliphatic heterocycles. The molecule has 12 heavy (non-hydrogen) atoms. The van der Waals surface area contributed by atoms with E-state index in [9.17, 15) is 5.11 Å². The Kier molecular flexibility index (Phi) is 1.90. The summed E-state index contributed by atoms with van der Waals surface area (Å²) < 4.78 is 11.3. The third-order valence-electron chi connectivity index (χ3n) is 2.83. The van der Waals surface area contributed by atoms with Crippen molar-refractivity contribution in [1.82, 2.24) is 0 Å². The molecule has 2 rings (SSSR count). The van der Waals surface area contributed by atoms with Crippen LogP contribution in [-0.2, 0) is 9.47 Å². The van der Waals surface area contributed by atoms with Crippen molar-refractivity contribution in [3.63, 3.8) is 0 Å². The monoisotopic (exact) mass is 172 g/mol. The van der Waals surface area contributed by atoms with Crippen molar-refractivity contribution in [3.8, 4) is 0 Å². The Hall–Kier alpha value is -0.120. The standard InChI is InChI=1S/C9H16O3/c1-3-7-8-6(10)4-5-9(2,11-7)12-8/h6-8,10H,3-5H2,1-2H3/t6-,7+,8-,9+/m1/s1. The van der Waals surface area contributed by atoms with Crippen LogP contribution in [0.1, 0.15) is 33.1 Å². The smallest absolute Gasteiger partial charge is 0.166 e. The number of aliphatic hydroxyl groups excluding tert-OH is 1. The molecule has 4 atom stereocenters. The highest BCUT2D eigenvalue weighted by Gasteiger charge is 2.50. The maximum Gasteiger partial charge on any atom is 0.166 e. The van der Waals surface area contributed by atoms with Crippen LogP contribution in [0.3, 0.4) is 0 Å². The normalized spacial score (nSPS) is 52.8. The minimum atomic E-state index is -0.412. The molecule has 1 N–H and O–H groups in total. The van der Waals surface area contributed by atoms with Gasteiger partial charge in [0.1, 0.15) is 6.10 Å². The number of rotatable bonds is 1. The molecule has 3 nitrogen and oxygen atoms in total. The zero-order valence-corrected chi connectivity index (χ0v) is 7.62. The van der Waals surface area contributed by atoms with E-state index >= 15 is 0 Å². The van der Waals surface area contributed by atoms with Gasteiger partial charge in [0.15, 0.2) is 5.79 Å². The number of hydrogen-bond donors (Lipinski definition) is 1. The summed E-state index contributed by atoms with van der Waals surface area (Å²) in [5.74, 6) is -0.412. The number of hydrogen-bond acceptors (Lipinski definition) is 3. The third kappa shape index (κ3) is 1.16. The fraction of sp³-hybridized carbons (Fsp3) is 1.00. The van der Waals surface area contributed by atoms with Crippen LogP contribution in [0.2, 0.25) is 0 Å². The molecule has 0 unspecified atom stereocenters. The van der Waals surface area contributed by atoms with Crippen molar-refractivity contribution < 1.29 is 14.6 Å². The van der Waals surface area contributed by atoms with Crippen molar-refractivity contribution in [2.45, 2.75) is 57.2 Å². The average Bonchev–Trinajstić information content (AvgIpc) is 2.34. The van der Waals surface area contributed by atoms with Crippen molar-refractivity contribution in [2.75, 3.05) is 0 Å². The molecule has 2 saturated heterocycles. The second kappa shape index (κ2) is 2.69. The number of aliphatic hydroxyl groups is 1. The molecule has 0 aromatic heterocycles. The van der Waals surface area contributed by atoms with E-state index < -0.39 is 5.79 Å². The summed E-state index contributed by atoms with van der Waals surface area (Å²) in [7, 11) is 0. The van der Waals surface area contributed by atoms with E-state index in [1.807, 2.05) is 6.92 Å². The molecule has 0 saturated carbocycles. The molecule has 3 heteroatoms. The average molecular weight is 172 g/mol. The molecular formula is C9H16O3. The molecule has 0 aromatic rings. The fourth-order valence-electron chi connectivity index (χ4n) is 2.11. The van der Waals surface area contributed by atoms with Crippen LogP contribution in [0.25, 0.3) is 0 Å². The van der Waals surface area contributed by atoms with Gasteiger partial charge in [-0.2, -0.15) is 0 Å². The quantitative estimate of drug-likeness (QED) is 0.642. The fourth-order valence-corrected chi connectivity index (χ4v) is 2.11. The molecule has 0 aromatic carbocycles. The van der Waals surface area contributed by atoms with Crippen molar-refractivity contribution in [3.05, 3.63) is 0 Å². The largest absolute Gasteiger partial charge is 0.390 e. The van der Waals surface area contributed by atoms with Gasteiger partial charge in [-0.15, -0.1) is 0 Å². The Morgan fingerprint density at radius 3 is 2.92 bits per heavy atom. The van der Waals surface area contributed by atoms with E-state index in [1.54, 1.807) is 0 Å². The Labute approximate surface area is 72.7 Å². The van der Waals surface area contributed by atoms with Crippen LogP contribution in [0.15, 0.2) is 0 Å². The van der Waals surface area contributed by atoms with Crippen LogP contribution in [0, 0.1) is 0 Å². The van der Waals surface area contributed by atoms with Crippen LogP contribution < -0.4 is 0 Å². The molecule has 0 radical (unpaired) electrons. The van der Waals surface area contributed by atoms with E-state index in [1.165, 1.54) is 0 Å². The van der Waals surface area contributed by atoms with Crippen LogP contribution in [-0.4, -0.2) is 29.2 Å². The lowest BCUT2D eigenvalue weighted by atomic mass is 9.99. The van der Waals surface area contributed by atoms with Gasteiger partial charge in [0.2, 0.25) is 0 Å². The van der Waals surface area contributed by atoms with Gasteiger partial charge in [-0.25, -0.2) is 0 Å². The van der Waals surface area contributed by atoms with Crippen molar-refractivity contribution in [1.29, 1.82) is 0 Å². The highest BCUT2D eigenvalue weighted by atomic mass is 16.8. The summed E-state index contributed by atoms with van der Waals surface area (Å²) in [6.45, 7) is 4.02. The van der Waals surface area contributed by atoms with Gasteiger partial charge in [0, 0.05) is 6.42 Å². The molecular weight excluding hydrogens is 156 g/mol. The zero-order valence-electron chi connectivity index (χ0n) is 7.62. The molecule has 0 amide bonds. The highest BCUT2D eigenvalue weighted by Crippen LogP contribution is 2.40. The number of fused-ring (bicyclic) bond motifs is 2. The summed E-state index contributed by atoms with van der Waals surface area (Å²) >= 11 is 0. The van der Waals surface area contributed by atoms with E-state index in [0.29, 0.717) is 0 Å². The highest BCUT2D eigenvalue weighted by molar-refractivity contribution is 4.92. The van der Waals surface area contributed by atoms with Crippen LogP contribution in [0.5, 0.6) is 0 Å². The van der Waals surface area contributed by atoms with Gasteiger partial charge in [-0.05, 0) is 19.8 Å². The lowest BCUT2D eigenvalue weighted by molar-refractivity contribution is -0.197. The minimum absolute atomic E-state index is 0.0891. The van der Waals surface area contributed by atoms with E-state index in [0.717, 1.165) is 19.3 Å². The maximum atomic E-state index is 9.61. The summed E-state index contributed by atoms with van der Waals surface area (Å²) in [6.07, 6.45) is 2.20. The SMILES string of the molecule is CC[C@@H]1O[C@]2(C)CC[C@@H](O)[C@H]1O2. The second-order valence-electron chi connectivity index (χ2n) is 3.89. The molecule has 2 heterocycles. The molecule has 0 aliphatic carbocycles. The molecule has 70 valence electrons. The predicted octanol–water partition coefficient (Wildman–Crippen LogP) is 1.05. The predicted molar refractivity (Wildman–Crippen MR) is 43.7 cm³/mol. The van der Waals surface area contributed by atoms with Gasteiger partial charge < -0.3 is 14.6 Å². The summed E-state index contributed by atoms with van der Waals surface area (Å²) in [4.78, 5) is 0. The van der Waals surface area contributed by atoms with Gasteiger partial charge in [0.25, 0.3) is 0 Å². The number of ether oxygens (including phenoxy) is 2. The summed E-state index contributed by atoms with van der Waals surface area (Å²) in [6, 6.07) is 0. The first-order valence-corrected chi connectivity index (χ1v) is 4.68. The Morgan fingerprint density at radius 1 is 1.50 bits per heavy atom. The van der Waals surface area contributed by atoms with Crippen molar-refractivity contribution >= 4 is 0 Å². The topological polar surface area (TPSA) is 38.7 Å². The van der Waals surface area contributed by atoms with Gasteiger partial charge in [-0.3, -0.25) is 0 Å². The summed E-state index contributed by atoms with van der Waals surface area (Å²) in [5.41, 5.74) is 0. The Bertz CT molecular complexity index is 179. The second-order valence-corrected chi connectivity index (χ2v) is 3.89. The Balaban J connectivity index is 2.15. The first-order chi connectivity index (χ1) is 5.64.